The van der Waals surface area contributed by atoms with Crippen molar-refractivity contribution in [3.05, 3.63) is 71.3 Å². The number of phenols is 1. The van der Waals surface area contributed by atoms with Crippen molar-refractivity contribution in [2.45, 2.75) is 19.3 Å². The zero-order chi connectivity index (χ0) is 15.7. The number of carbonyl (C=O) groups is 1. The van der Waals surface area contributed by atoms with Gasteiger partial charge in [-0.25, -0.2) is 0 Å². The third kappa shape index (κ3) is 2.01. The van der Waals surface area contributed by atoms with Crippen molar-refractivity contribution in [2.75, 3.05) is 6.61 Å². The molecule has 0 bridgehead atoms. The van der Waals surface area contributed by atoms with Gasteiger partial charge >= 0.3 is 5.97 Å². The highest BCUT2D eigenvalue weighted by molar-refractivity contribution is 6.15. The Labute approximate surface area is 129 Å². The number of benzene rings is 2. The zero-order valence-electron chi connectivity index (χ0n) is 12.7. The summed E-state index contributed by atoms with van der Waals surface area (Å²) in [6, 6.07) is 16.6. The topological polar surface area (TPSA) is 46.5 Å². The molecular weight excluding hydrogens is 276 g/mol. The first-order chi connectivity index (χ1) is 10.6. The minimum absolute atomic E-state index is 0.183. The third-order valence-electron chi connectivity index (χ3n) is 4.19. The lowest BCUT2D eigenvalue weighted by atomic mass is 9.86. The Morgan fingerprint density at radius 1 is 1.09 bits per heavy atom. The van der Waals surface area contributed by atoms with Gasteiger partial charge in [-0.1, -0.05) is 42.5 Å². The maximum atomic E-state index is 12.7. The van der Waals surface area contributed by atoms with Gasteiger partial charge in [0.05, 0.1) is 6.61 Å². The van der Waals surface area contributed by atoms with Gasteiger partial charge in [-0.3, -0.25) is 4.79 Å². The highest BCUT2D eigenvalue weighted by Gasteiger charge is 2.59. The first-order valence-electron chi connectivity index (χ1n) is 7.36. The molecule has 112 valence electrons. The van der Waals surface area contributed by atoms with Crippen molar-refractivity contribution < 1.29 is 14.6 Å². The van der Waals surface area contributed by atoms with Crippen LogP contribution in [0.15, 0.2) is 60.2 Å². The summed E-state index contributed by atoms with van der Waals surface area (Å²) >= 11 is 0. The van der Waals surface area contributed by atoms with Crippen LogP contribution in [-0.4, -0.2) is 17.7 Å². The highest BCUT2D eigenvalue weighted by atomic mass is 16.5. The summed E-state index contributed by atoms with van der Waals surface area (Å²) in [5, 5.41) is 9.50. The van der Waals surface area contributed by atoms with E-state index in [1.165, 1.54) is 0 Å². The lowest BCUT2D eigenvalue weighted by Crippen LogP contribution is -2.28. The Morgan fingerprint density at radius 3 is 2.32 bits per heavy atom. The molecule has 0 heterocycles. The molecule has 3 rings (SSSR count). The van der Waals surface area contributed by atoms with Gasteiger partial charge < -0.3 is 9.84 Å². The first kappa shape index (κ1) is 14.4. The minimum Gasteiger partial charge on any atom is -0.508 e. The minimum atomic E-state index is -0.814. The van der Waals surface area contributed by atoms with E-state index in [4.69, 9.17) is 4.74 Å². The molecule has 1 N–H and O–H groups in total. The van der Waals surface area contributed by atoms with Gasteiger partial charge in [0.15, 0.2) is 0 Å². The maximum Gasteiger partial charge on any atom is 0.325 e. The molecule has 0 saturated heterocycles. The summed E-state index contributed by atoms with van der Waals surface area (Å²) < 4.78 is 5.33. The number of esters is 1. The second-order valence-corrected chi connectivity index (χ2v) is 5.38. The number of hydrogen-bond acceptors (Lipinski definition) is 3. The Morgan fingerprint density at radius 2 is 1.73 bits per heavy atom. The van der Waals surface area contributed by atoms with Crippen LogP contribution in [0.25, 0.3) is 5.57 Å². The summed E-state index contributed by atoms with van der Waals surface area (Å²) in [5.41, 5.74) is 3.05. The summed E-state index contributed by atoms with van der Waals surface area (Å²) in [6.07, 6.45) is 0. The molecular formula is C19H18O3. The van der Waals surface area contributed by atoms with E-state index in [1.807, 2.05) is 44.2 Å². The standard InChI is InChI=1S/C19H18O3/c1-3-22-18(21)19(15-9-11-16(20)12-10-15)13(2)17(19)14-7-5-4-6-8-14/h4-12,20H,3H2,1-2H3. The Bertz CT molecular complexity index is 729. The van der Waals surface area contributed by atoms with E-state index in [-0.39, 0.29) is 11.7 Å². The van der Waals surface area contributed by atoms with Gasteiger partial charge in [-0.05, 0) is 48.3 Å². The maximum absolute atomic E-state index is 12.7. The third-order valence-corrected chi connectivity index (χ3v) is 4.19. The van der Waals surface area contributed by atoms with E-state index >= 15 is 0 Å². The quantitative estimate of drug-likeness (QED) is 0.875. The van der Waals surface area contributed by atoms with Crippen LogP contribution in [0.2, 0.25) is 0 Å². The number of carbonyl (C=O) groups excluding carboxylic acids is 1. The molecule has 1 aliphatic carbocycles. The molecule has 1 atom stereocenters. The first-order valence-corrected chi connectivity index (χ1v) is 7.36. The molecule has 0 radical (unpaired) electrons. The zero-order valence-corrected chi connectivity index (χ0v) is 12.7. The molecule has 2 aromatic carbocycles. The number of hydrogen-bond donors (Lipinski definition) is 1. The Hall–Kier alpha value is -2.55. The molecule has 1 unspecified atom stereocenters. The summed E-state index contributed by atoms with van der Waals surface area (Å²) in [7, 11) is 0. The number of rotatable bonds is 4. The van der Waals surface area contributed by atoms with E-state index < -0.39 is 5.41 Å². The van der Waals surface area contributed by atoms with Crippen LogP contribution in [0.4, 0.5) is 0 Å². The number of aromatic hydroxyl groups is 1. The average Bonchev–Trinajstić information content (AvgIpc) is 3.16. The van der Waals surface area contributed by atoms with Crippen LogP contribution < -0.4 is 0 Å². The summed E-state index contributed by atoms with van der Waals surface area (Å²) in [6.45, 7) is 4.11. The van der Waals surface area contributed by atoms with Gasteiger partial charge in [0.1, 0.15) is 11.2 Å². The van der Waals surface area contributed by atoms with Gasteiger partial charge in [0.25, 0.3) is 0 Å². The molecule has 0 aliphatic heterocycles. The van der Waals surface area contributed by atoms with Crippen LogP contribution in [0.3, 0.4) is 0 Å². The van der Waals surface area contributed by atoms with Crippen molar-refractivity contribution >= 4 is 11.5 Å². The van der Waals surface area contributed by atoms with Crippen molar-refractivity contribution in [1.82, 2.24) is 0 Å². The molecule has 0 spiro atoms. The molecule has 22 heavy (non-hydrogen) atoms. The number of phenolic OH excluding ortho intramolecular Hbond substituents is 1. The molecule has 0 aromatic heterocycles. The smallest absolute Gasteiger partial charge is 0.325 e. The molecule has 3 heteroatoms. The summed E-state index contributed by atoms with van der Waals surface area (Å²) in [4.78, 5) is 12.7. The lowest BCUT2D eigenvalue weighted by molar-refractivity contribution is -0.145. The fourth-order valence-electron chi connectivity index (χ4n) is 3.13. The van der Waals surface area contributed by atoms with Crippen LogP contribution in [0, 0.1) is 0 Å². The van der Waals surface area contributed by atoms with Crippen LogP contribution in [0.1, 0.15) is 25.0 Å². The monoisotopic (exact) mass is 294 g/mol. The normalized spacial score (nSPS) is 19.9. The Balaban J connectivity index is 2.08. The SMILES string of the molecule is CCOC(=O)C1(c2ccc(O)cc2)C(C)=C1c1ccccc1. The van der Waals surface area contributed by atoms with Crippen molar-refractivity contribution in [3.63, 3.8) is 0 Å². The summed E-state index contributed by atoms with van der Waals surface area (Å²) in [5.74, 6) is -0.0700. The predicted octanol–water partition coefficient (Wildman–Crippen LogP) is 3.68. The molecule has 0 fully saturated rings. The fraction of sp³-hybridized carbons (Fsp3) is 0.211. The predicted molar refractivity (Wildman–Crippen MR) is 85.5 cm³/mol. The van der Waals surface area contributed by atoms with Crippen LogP contribution >= 0.6 is 0 Å². The van der Waals surface area contributed by atoms with Gasteiger partial charge in [0, 0.05) is 0 Å². The molecule has 3 nitrogen and oxygen atoms in total. The fourth-order valence-corrected chi connectivity index (χ4v) is 3.13. The molecule has 2 aromatic rings. The second-order valence-electron chi connectivity index (χ2n) is 5.38. The van der Waals surface area contributed by atoms with E-state index in [1.54, 1.807) is 24.3 Å². The van der Waals surface area contributed by atoms with Crippen molar-refractivity contribution in [3.8, 4) is 5.75 Å². The van der Waals surface area contributed by atoms with Crippen LogP contribution in [0.5, 0.6) is 5.75 Å². The molecule has 0 saturated carbocycles. The van der Waals surface area contributed by atoms with E-state index in [0.29, 0.717) is 6.61 Å². The second kappa shape index (κ2) is 5.34. The molecule has 0 amide bonds. The van der Waals surface area contributed by atoms with Crippen molar-refractivity contribution in [2.24, 2.45) is 0 Å². The van der Waals surface area contributed by atoms with E-state index in [2.05, 4.69) is 0 Å². The van der Waals surface area contributed by atoms with Gasteiger partial charge in [-0.15, -0.1) is 0 Å². The molecule has 1 aliphatic rings. The van der Waals surface area contributed by atoms with E-state index in [9.17, 15) is 9.90 Å². The average molecular weight is 294 g/mol. The van der Waals surface area contributed by atoms with E-state index in [0.717, 1.165) is 22.3 Å². The van der Waals surface area contributed by atoms with Crippen LogP contribution in [-0.2, 0) is 14.9 Å². The highest BCUT2D eigenvalue weighted by Crippen LogP contribution is 2.60. The van der Waals surface area contributed by atoms with Gasteiger partial charge in [-0.2, -0.15) is 0 Å². The Kier molecular flexibility index (Phi) is 3.49. The van der Waals surface area contributed by atoms with Gasteiger partial charge in [0.2, 0.25) is 0 Å². The lowest BCUT2D eigenvalue weighted by Gasteiger charge is -2.19. The number of ether oxygens (including phenoxy) is 1. The van der Waals surface area contributed by atoms with Crippen molar-refractivity contribution in [1.29, 1.82) is 0 Å². The largest absolute Gasteiger partial charge is 0.508 e.